The minimum absolute atomic E-state index is 0.0559. The fourth-order valence-corrected chi connectivity index (χ4v) is 3.49. The molecule has 0 radical (unpaired) electrons. The molecule has 1 fully saturated rings. The Labute approximate surface area is 185 Å². The summed E-state index contributed by atoms with van der Waals surface area (Å²) in [6.07, 6.45) is 0.165. The number of alkyl carbamates (subject to hydrolysis) is 1. The van der Waals surface area contributed by atoms with Crippen LogP contribution in [0.4, 0.5) is 4.79 Å². The Balaban J connectivity index is 2.35. The van der Waals surface area contributed by atoms with Gasteiger partial charge < -0.3 is 20.3 Å². The Morgan fingerprint density at radius 3 is 2.06 bits per heavy atom. The third-order valence-corrected chi connectivity index (χ3v) is 5.13. The van der Waals surface area contributed by atoms with E-state index in [0.29, 0.717) is 0 Å². The molecule has 1 saturated carbocycles. The molecule has 0 aromatic heterocycles. The van der Waals surface area contributed by atoms with Gasteiger partial charge in [0.05, 0.1) is 0 Å². The molecule has 4 atom stereocenters. The molecule has 0 saturated heterocycles. The molecule has 0 spiro atoms. The number of nitrogens with zero attached hydrogens (tertiary/aromatic N) is 1. The molecule has 0 bridgehead atoms. The zero-order chi connectivity index (χ0) is 23.5. The number of nitrogens with one attached hydrogen (secondary N) is 2. The predicted octanol–water partition coefficient (Wildman–Crippen LogP) is 3.71. The number of hydrogen-bond donors (Lipinski definition) is 2. The van der Waals surface area contributed by atoms with Crippen molar-refractivity contribution in [2.45, 2.75) is 91.6 Å². The van der Waals surface area contributed by atoms with Crippen LogP contribution in [0.25, 0.3) is 0 Å². The minimum Gasteiger partial charge on any atom is -0.444 e. The minimum atomic E-state index is -0.831. The van der Waals surface area contributed by atoms with Crippen molar-refractivity contribution in [1.29, 1.82) is 0 Å². The molecule has 2 rings (SSSR count). The molecule has 1 aromatic carbocycles. The van der Waals surface area contributed by atoms with E-state index in [4.69, 9.17) is 4.74 Å². The van der Waals surface area contributed by atoms with Crippen molar-refractivity contribution in [3.8, 4) is 0 Å². The fraction of sp³-hybridized carbons (Fsp3) is 0.625. The molecular formula is C24H37N3O4. The summed E-state index contributed by atoms with van der Waals surface area (Å²) < 4.78 is 5.29. The fourth-order valence-electron chi connectivity index (χ4n) is 3.49. The molecule has 4 unspecified atom stereocenters. The van der Waals surface area contributed by atoms with Gasteiger partial charge in [0, 0.05) is 12.1 Å². The normalized spacial score (nSPS) is 19.9. The molecule has 31 heavy (non-hydrogen) atoms. The van der Waals surface area contributed by atoms with Crippen LogP contribution in [0, 0.1) is 12.8 Å². The summed E-state index contributed by atoms with van der Waals surface area (Å²) in [5.74, 6) is -0.238. The Kier molecular flexibility index (Phi) is 7.73. The van der Waals surface area contributed by atoms with Gasteiger partial charge >= 0.3 is 6.09 Å². The van der Waals surface area contributed by atoms with Gasteiger partial charge in [0.25, 0.3) is 0 Å². The van der Waals surface area contributed by atoms with Gasteiger partial charge in [-0.1, -0.05) is 36.8 Å². The third kappa shape index (κ3) is 6.97. The van der Waals surface area contributed by atoms with Crippen molar-refractivity contribution < 1.29 is 19.1 Å². The van der Waals surface area contributed by atoms with E-state index in [1.54, 1.807) is 32.6 Å². The Morgan fingerprint density at radius 1 is 1.06 bits per heavy atom. The average Bonchev–Trinajstić information content (AvgIpc) is 3.33. The first kappa shape index (κ1) is 24.7. The van der Waals surface area contributed by atoms with Crippen molar-refractivity contribution in [1.82, 2.24) is 15.5 Å². The lowest BCUT2D eigenvalue weighted by Gasteiger charge is -2.34. The van der Waals surface area contributed by atoms with Crippen molar-refractivity contribution in [2.75, 3.05) is 0 Å². The second-order valence-corrected chi connectivity index (χ2v) is 9.87. The van der Waals surface area contributed by atoms with Crippen LogP contribution < -0.4 is 10.6 Å². The second kappa shape index (κ2) is 9.71. The quantitative estimate of drug-likeness (QED) is 0.689. The van der Waals surface area contributed by atoms with Crippen molar-refractivity contribution >= 4 is 17.9 Å². The zero-order valence-electron chi connectivity index (χ0n) is 20.0. The standard InChI is InChI=1S/C24H37N3O4/c1-14(2)25-21(28)20(18-11-9-15(3)10-12-18)27(19-13-16(19)4)22(29)17(5)26-23(30)31-24(6,7)8/h9-12,14,16-17,19-20H,13H2,1-8H3,(H,25,28)(H,26,30). The van der Waals surface area contributed by atoms with Crippen LogP contribution in [0.5, 0.6) is 0 Å². The van der Waals surface area contributed by atoms with E-state index in [-0.39, 0.29) is 29.8 Å². The highest BCUT2D eigenvalue weighted by Gasteiger charge is 2.47. The van der Waals surface area contributed by atoms with Gasteiger partial charge in [-0.2, -0.15) is 0 Å². The van der Waals surface area contributed by atoms with Crippen LogP contribution in [-0.2, 0) is 14.3 Å². The number of hydrogen-bond acceptors (Lipinski definition) is 4. The smallest absolute Gasteiger partial charge is 0.408 e. The number of rotatable bonds is 7. The van der Waals surface area contributed by atoms with E-state index in [2.05, 4.69) is 17.6 Å². The van der Waals surface area contributed by atoms with Gasteiger partial charge in [-0.3, -0.25) is 9.59 Å². The highest BCUT2D eigenvalue weighted by Crippen LogP contribution is 2.40. The van der Waals surface area contributed by atoms with Gasteiger partial charge in [-0.25, -0.2) is 4.79 Å². The first-order valence-electron chi connectivity index (χ1n) is 11.0. The zero-order valence-corrected chi connectivity index (χ0v) is 20.0. The lowest BCUT2D eigenvalue weighted by atomic mass is 10.0. The lowest BCUT2D eigenvalue weighted by Crippen LogP contribution is -2.53. The van der Waals surface area contributed by atoms with Crippen LogP contribution in [0.2, 0.25) is 0 Å². The molecule has 1 aliphatic carbocycles. The summed E-state index contributed by atoms with van der Waals surface area (Å²) >= 11 is 0. The topological polar surface area (TPSA) is 87.7 Å². The predicted molar refractivity (Wildman–Crippen MR) is 120 cm³/mol. The summed E-state index contributed by atoms with van der Waals surface area (Å²) in [6.45, 7) is 14.7. The number of aryl methyl sites for hydroxylation is 1. The van der Waals surface area contributed by atoms with E-state index < -0.39 is 23.8 Å². The van der Waals surface area contributed by atoms with Gasteiger partial charge in [-0.15, -0.1) is 0 Å². The monoisotopic (exact) mass is 431 g/mol. The highest BCUT2D eigenvalue weighted by molar-refractivity contribution is 5.92. The second-order valence-electron chi connectivity index (χ2n) is 9.87. The number of carbonyl (C=O) groups is 3. The number of amides is 3. The average molecular weight is 432 g/mol. The van der Waals surface area contributed by atoms with Crippen molar-refractivity contribution in [3.05, 3.63) is 35.4 Å². The molecule has 1 aromatic rings. The van der Waals surface area contributed by atoms with Crippen LogP contribution in [-0.4, -0.2) is 46.5 Å². The Bertz CT molecular complexity index is 798. The summed E-state index contributed by atoms with van der Waals surface area (Å²) in [5, 5.41) is 5.58. The lowest BCUT2D eigenvalue weighted by molar-refractivity contribution is -0.143. The van der Waals surface area contributed by atoms with Gasteiger partial charge in [0.1, 0.15) is 17.7 Å². The van der Waals surface area contributed by atoms with Crippen LogP contribution in [0.1, 0.15) is 72.1 Å². The number of ether oxygens (including phenoxy) is 1. The Hall–Kier alpha value is -2.57. The third-order valence-electron chi connectivity index (χ3n) is 5.13. The van der Waals surface area contributed by atoms with E-state index in [9.17, 15) is 14.4 Å². The van der Waals surface area contributed by atoms with E-state index in [1.807, 2.05) is 45.0 Å². The molecule has 0 aliphatic heterocycles. The van der Waals surface area contributed by atoms with E-state index in [0.717, 1.165) is 17.5 Å². The first-order chi connectivity index (χ1) is 14.3. The molecule has 2 N–H and O–H groups in total. The molecule has 0 heterocycles. The Morgan fingerprint density at radius 2 is 1.61 bits per heavy atom. The van der Waals surface area contributed by atoms with E-state index >= 15 is 0 Å². The molecular weight excluding hydrogens is 394 g/mol. The molecule has 3 amide bonds. The van der Waals surface area contributed by atoms with Crippen molar-refractivity contribution in [3.63, 3.8) is 0 Å². The SMILES string of the molecule is Cc1ccc(C(C(=O)NC(C)C)N(C(=O)C(C)NC(=O)OC(C)(C)C)C2CC2C)cc1. The largest absolute Gasteiger partial charge is 0.444 e. The summed E-state index contributed by atoms with van der Waals surface area (Å²) in [4.78, 5) is 40.6. The van der Waals surface area contributed by atoms with Crippen molar-refractivity contribution in [2.24, 2.45) is 5.92 Å². The van der Waals surface area contributed by atoms with Gasteiger partial charge in [0.2, 0.25) is 11.8 Å². The molecule has 1 aliphatic rings. The number of benzene rings is 1. The summed E-state index contributed by atoms with van der Waals surface area (Å²) in [5.41, 5.74) is 1.16. The highest BCUT2D eigenvalue weighted by atomic mass is 16.6. The molecule has 172 valence electrons. The van der Waals surface area contributed by atoms with Crippen LogP contribution in [0.3, 0.4) is 0 Å². The first-order valence-corrected chi connectivity index (χ1v) is 11.0. The maximum Gasteiger partial charge on any atom is 0.408 e. The molecule has 7 heteroatoms. The molecule has 7 nitrogen and oxygen atoms in total. The number of carbonyl (C=O) groups excluding carboxylic acids is 3. The van der Waals surface area contributed by atoms with Gasteiger partial charge in [-0.05, 0) is 66.4 Å². The van der Waals surface area contributed by atoms with Gasteiger partial charge in [0.15, 0.2) is 0 Å². The summed E-state index contributed by atoms with van der Waals surface area (Å²) in [7, 11) is 0. The van der Waals surface area contributed by atoms with Crippen LogP contribution in [0.15, 0.2) is 24.3 Å². The maximum atomic E-state index is 13.5. The van der Waals surface area contributed by atoms with E-state index in [1.165, 1.54) is 0 Å². The summed E-state index contributed by atoms with van der Waals surface area (Å²) in [6, 6.07) is 5.93. The van der Waals surface area contributed by atoms with Crippen LogP contribution >= 0.6 is 0 Å². The maximum absolute atomic E-state index is 13.5.